The molecule has 5 heteroatoms. The van der Waals surface area contributed by atoms with Crippen LogP contribution in [0.5, 0.6) is 11.5 Å². The highest BCUT2D eigenvalue weighted by atomic mass is 16.5. The Labute approximate surface area is 134 Å². The molecule has 2 aromatic carbocycles. The van der Waals surface area contributed by atoms with Crippen LogP contribution in [-0.4, -0.2) is 40.2 Å². The number of aliphatic hydroxyl groups is 3. The Hall–Kier alpha value is -1.92. The van der Waals surface area contributed by atoms with Crippen molar-refractivity contribution in [2.24, 2.45) is 0 Å². The quantitative estimate of drug-likeness (QED) is 0.804. The van der Waals surface area contributed by atoms with Crippen LogP contribution in [0.4, 0.5) is 0 Å². The third kappa shape index (κ3) is 3.71. The molecule has 0 aromatic heterocycles. The molecule has 3 N–H and O–H groups in total. The number of para-hydroxylation sites is 1. The minimum absolute atomic E-state index is 0.185. The minimum atomic E-state index is -1.02. The predicted octanol–water partition coefficient (Wildman–Crippen LogP) is 2.02. The van der Waals surface area contributed by atoms with Crippen LogP contribution in [0.2, 0.25) is 0 Å². The molecule has 2 aromatic rings. The normalized spacial score (nSPS) is 27.6. The summed E-state index contributed by atoms with van der Waals surface area (Å²) in [6, 6.07) is 16.6. The fourth-order valence-electron chi connectivity index (χ4n) is 2.70. The highest BCUT2D eigenvalue weighted by Gasteiger charge is 2.37. The molecule has 1 aliphatic rings. The van der Waals surface area contributed by atoms with Gasteiger partial charge in [-0.1, -0.05) is 30.3 Å². The Kier molecular flexibility index (Phi) is 4.93. The average molecular weight is 316 g/mol. The van der Waals surface area contributed by atoms with Gasteiger partial charge in [0.2, 0.25) is 0 Å². The summed E-state index contributed by atoms with van der Waals surface area (Å²) in [7, 11) is 0. The Morgan fingerprint density at radius 3 is 2.26 bits per heavy atom. The van der Waals surface area contributed by atoms with Gasteiger partial charge in [-0.05, 0) is 29.8 Å². The van der Waals surface area contributed by atoms with Crippen molar-refractivity contribution in [3.8, 4) is 11.5 Å². The van der Waals surface area contributed by atoms with Gasteiger partial charge in [0.15, 0.2) is 0 Å². The van der Waals surface area contributed by atoms with E-state index in [0.717, 1.165) is 11.3 Å². The van der Waals surface area contributed by atoms with Crippen molar-refractivity contribution in [1.29, 1.82) is 0 Å². The second-order valence-electron chi connectivity index (χ2n) is 5.64. The first-order valence-electron chi connectivity index (χ1n) is 7.62. The molecule has 1 aliphatic heterocycles. The standard InChI is InChI=1S/C18H20O5/c19-11-15-10-16(20)17(21)18(23-15)12-6-8-14(9-7-12)22-13-4-2-1-3-5-13/h1-9,15-21H,10-11H2. The highest BCUT2D eigenvalue weighted by molar-refractivity contribution is 5.34. The molecular formula is C18H20O5. The van der Waals surface area contributed by atoms with E-state index in [9.17, 15) is 15.3 Å². The predicted molar refractivity (Wildman–Crippen MR) is 84.3 cm³/mol. The largest absolute Gasteiger partial charge is 0.457 e. The summed E-state index contributed by atoms with van der Waals surface area (Å²) >= 11 is 0. The molecule has 0 bridgehead atoms. The van der Waals surface area contributed by atoms with Gasteiger partial charge < -0.3 is 24.8 Å². The first-order chi connectivity index (χ1) is 11.2. The Bertz CT molecular complexity index is 613. The zero-order chi connectivity index (χ0) is 16.2. The van der Waals surface area contributed by atoms with Gasteiger partial charge in [0, 0.05) is 6.42 Å². The molecule has 0 amide bonds. The minimum Gasteiger partial charge on any atom is -0.457 e. The lowest BCUT2D eigenvalue weighted by atomic mass is 9.93. The Balaban J connectivity index is 1.73. The highest BCUT2D eigenvalue weighted by Crippen LogP contribution is 2.33. The fourth-order valence-corrected chi connectivity index (χ4v) is 2.70. The van der Waals surface area contributed by atoms with E-state index in [-0.39, 0.29) is 13.0 Å². The second kappa shape index (κ2) is 7.10. The number of rotatable bonds is 4. The monoisotopic (exact) mass is 316 g/mol. The van der Waals surface area contributed by atoms with E-state index in [2.05, 4.69) is 0 Å². The molecule has 5 nitrogen and oxygen atoms in total. The summed E-state index contributed by atoms with van der Waals surface area (Å²) in [4.78, 5) is 0. The van der Waals surface area contributed by atoms with Gasteiger partial charge >= 0.3 is 0 Å². The maximum Gasteiger partial charge on any atom is 0.127 e. The van der Waals surface area contributed by atoms with Crippen LogP contribution in [0, 0.1) is 0 Å². The van der Waals surface area contributed by atoms with Crippen molar-refractivity contribution in [3.05, 3.63) is 60.2 Å². The van der Waals surface area contributed by atoms with Crippen molar-refractivity contribution >= 4 is 0 Å². The van der Waals surface area contributed by atoms with Crippen LogP contribution in [0.25, 0.3) is 0 Å². The van der Waals surface area contributed by atoms with Crippen LogP contribution in [0.1, 0.15) is 18.1 Å². The molecule has 1 fully saturated rings. The summed E-state index contributed by atoms with van der Waals surface area (Å²) in [5.74, 6) is 1.41. The maximum absolute atomic E-state index is 10.1. The van der Waals surface area contributed by atoms with E-state index in [1.54, 1.807) is 24.3 Å². The van der Waals surface area contributed by atoms with E-state index in [4.69, 9.17) is 9.47 Å². The van der Waals surface area contributed by atoms with Crippen LogP contribution >= 0.6 is 0 Å². The molecule has 122 valence electrons. The smallest absolute Gasteiger partial charge is 0.127 e. The Morgan fingerprint density at radius 1 is 0.957 bits per heavy atom. The first kappa shape index (κ1) is 16.0. The number of benzene rings is 2. The van der Waals surface area contributed by atoms with Crippen LogP contribution in [-0.2, 0) is 4.74 Å². The molecule has 0 radical (unpaired) electrons. The zero-order valence-corrected chi connectivity index (χ0v) is 12.6. The molecule has 1 saturated heterocycles. The lowest BCUT2D eigenvalue weighted by Gasteiger charge is -2.36. The molecule has 0 aliphatic carbocycles. The van der Waals surface area contributed by atoms with Gasteiger partial charge in [-0.3, -0.25) is 0 Å². The molecular weight excluding hydrogens is 296 g/mol. The number of hydrogen-bond donors (Lipinski definition) is 3. The van der Waals surface area contributed by atoms with Gasteiger partial charge in [0.1, 0.15) is 23.7 Å². The first-order valence-corrected chi connectivity index (χ1v) is 7.62. The summed E-state index contributed by atoms with van der Waals surface area (Å²) in [5.41, 5.74) is 0.732. The van der Waals surface area contributed by atoms with Crippen molar-refractivity contribution in [3.63, 3.8) is 0 Å². The molecule has 1 heterocycles. The molecule has 4 atom stereocenters. The maximum atomic E-state index is 10.1. The summed E-state index contributed by atoms with van der Waals surface area (Å²) in [5, 5.41) is 29.2. The lowest BCUT2D eigenvalue weighted by Crippen LogP contribution is -2.44. The van der Waals surface area contributed by atoms with Crippen LogP contribution < -0.4 is 4.74 Å². The van der Waals surface area contributed by atoms with Gasteiger partial charge in [-0.25, -0.2) is 0 Å². The van der Waals surface area contributed by atoms with Crippen molar-refractivity contribution in [2.45, 2.75) is 30.8 Å². The fraction of sp³-hybridized carbons (Fsp3) is 0.333. The number of aliphatic hydroxyl groups excluding tert-OH is 3. The van der Waals surface area contributed by atoms with Crippen LogP contribution in [0.3, 0.4) is 0 Å². The Morgan fingerprint density at radius 2 is 1.61 bits per heavy atom. The summed E-state index contributed by atoms with van der Waals surface area (Å²) in [6.45, 7) is -0.185. The number of hydrogen-bond acceptors (Lipinski definition) is 5. The molecule has 23 heavy (non-hydrogen) atoms. The van der Waals surface area contributed by atoms with E-state index >= 15 is 0 Å². The van der Waals surface area contributed by atoms with Gasteiger partial charge in [0.05, 0.1) is 18.8 Å². The summed E-state index contributed by atoms with van der Waals surface area (Å²) in [6.07, 6.45) is -2.84. The molecule has 4 unspecified atom stereocenters. The third-order valence-electron chi connectivity index (χ3n) is 3.94. The zero-order valence-electron chi connectivity index (χ0n) is 12.6. The SMILES string of the molecule is OCC1CC(O)C(O)C(c2ccc(Oc3ccccc3)cc2)O1. The van der Waals surface area contributed by atoms with Gasteiger partial charge in [-0.15, -0.1) is 0 Å². The molecule has 0 saturated carbocycles. The molecule has 0 spiro atoms. The van der Waals surface area contributed by atoms with E-state index < -0.39 is 24.4 Å². The number of ether oxygens (including phenoxy) is 2. The van der Waals surface area contributed by atoms with Crippen molar-refractivity contribution < 1.29 is 24.8 Å². The van der Waals surface area contributed by atoms with Crippen molar-refractivity contribution in [1.82, 2.24) is 0 Å². The van der Waals surface area contributed by atoms with Gasteiger partial charge in [-0.2, -0.15) is 0 Å². The van der Waals surface area contributed by atoms with E-state index in [1.807, 2.05) is 30.3 Å². The van der Waals surface area contributed by atoms with Crippen LogP contribution in [0.15, 0.2) is 54.6 Å². The summed E-state index contributed by atoms with van der Waals surface area (Å²) < 4.78 is 11.4. The van der Waals surface area contributed by atoms with E-state index in [0.29, 0.717) is 5.75 Å². The topological polar surface area (TPSA) is 79.2 Å². The second-order valence-corrected chi connectivity index (χ2v) is 5.64. The lowest BCUT2D eigenvalue weighted by molar-refractivity contribution is -0.179. The molecule has 3 rings (SSSR count). The average Bonchev–Trinajstić information content (AvgIpc) is 2.59. The van der Waals surface area contributed by atoms with E-state index in [1.165, 1.54) is 0 Å². The van der Waals surface area contributed by atoms with Gasteiger partial charge in [0.25, 0.3) is 0 Å². The third-order valence-corrected chi connectivity index (χ3v) is 3.94. The van der Waals surface area contributed by atoms with Crippen molar-refractivity contribution in [2.75, 3.05) is 6.61 Å².